The van der Waals surface area contributed by atoms with Crippen molar-refractivity contribution >= 4 is 0 Å². The minimum Gasteiger partial charge on any atom is -0.578 e. The summed E-state index contributed by atoms with van der Waals surface area (Å²) >= 11 is 0. The number of nitrogens with zero attached hydrogens (tertiary/aromatic N) is 1. The van der Waals surface area contributed by atoms with Crippen LogP contribution in [0.2, 0.25) is 0 Å². The van der Waals surface area contributed by atoms with Gasteiger partial charge in [0, 0.05) is 0 Å². The maximum Gasteiger partial charge on any atom is 0.102 e. The van der Waals surface area contributed by atoms with Crippen LogP contribution in [0, 0.1) is 6.39 Å². The van der Waals surface area contributed by atoms with E-state index in [0.29, 0.717) is 0 Å². The highest BCUT2D eigenvalue weighted by atomic mass is 16.3. The Balaban J connectivity index is 2.15. The molecule has 0 aliphatic carbocycles. The van der Waals surface area contributed by atoms with E-state index in [-0.39, 0.29) is 0 Å². The third-order valence-electron chi connectivity index (χ3n) is 1.66. The fraction of sp³-hybridized carbons (Fsp3) is 0.100. The van der Waals surface area contributed by atoms with E-state index >= 15 is 0 Å². The van der Waals surface area contributed by atoms with Crippen LogP contribution in [0.4, 0.5) is 0 Å². The molecule has 1 aromatic heterocycles. The molecule has 0 aliphatic heterocycles. The molecule has 0 aliphatic rings. The third-order valence-corrected chi connectivity index (χ3v) is 1.66. The summed E-state index contributed by atoms with van der Waals surface area (Å²) in [5.41, 5.74) is 1.22. The molecule has 0 N–H and O–H groups in total. The first kappa shape index (κ1) is 7.10. The van der Waals surface area contributed by atoms with Crippen molar-refractivity contribution in [2.45, 2.75) is 6.42 Å². The van der Waals surface area contributed by atoms with E-state index in [1.54, 1.807) is 6.20 Å². The molecule has 2 heteroatoms. The monoisotopic (exact) mass is 158 g/mol. The Bertz CT molecular complexity index is 326. The summed E-state index contributed by atoms with van der Waals surface area (Å²) < 4.78 is 5.00. The molecule has 0 saturated carbocycles. The van der Waals surface area contributed by atoms with Crippen LogP contribution in [-0.4, -0.2) is 4.98 Å². The Hall–Kier alpha value is -1.57. The van der Waals surface area contributed by atoms with Gasteiger partial charge in [0.2, 0.25) is 0 Å². The summed E-state index contributed by atoms with van der Waals surface area (Å²) in [4.78, 5) is 3.73. The topological polar surface area (TPSA) is 26.0 Å². The first-order valence-electron chi connectivity index (χ1n) is 3.80. The molecule has 0 saturated heterocycles. The van der Waals surface area contributed by atoms with Gasteiger partial charge in [0.05, 0.1) is 0 Å². The van der Waals surface area contributed by atoms with Crippen molar-refractivity contribution in [2.24, 2.45) is 0 Å². The predicted molar refractivity (Wildman–Crippen MR) is 44.6 cm³/mol. The van der Waals surface area contributed by atoms with Crippen LogP contribution in [0.25, 0.3) is 0 Å². The molecule has 2 rings (SSSR count). The van der Waals surface area contributed by atoms with E-state index in [0.717, 1.165) is 12.2 Å². The number of benzene rings is 1. The molecule has 0 bridgehead atoms. The van der Waals surface area contributed by atoms with Crippen molar-refractivity contribution in [2.75, 3.05) is 0 Å². The second kappa shape index (κ2) is 3.22. The first-order valence-corrected chi connectivity index (χ1v) is 3.80. The van der Waals surface area contributed by atoms with Crippen LogP contribution < -0.4 is 0 Å². The third kappa shape index (κ3) is 1.53. The first-order chi connectivity index (χ1) is 5.95. The van der Waals surface area contributed by atoms with E-state index in [2.05, 4.69) is 23.5 Å². The van der Waals surface area contributed by atoms with Crippen LogP contribution in [-0.2, 0) is 6.42 Å². The van der Waals surface area contributed by atoms with Gasteiger partial charge in [-0.1, -0.05) is 42.1 Å². The van der Waals surface area contributed by atoms with E-state index in [4.69, 9.17) is 4.42 Å². The standard InChI is InChI=1S/C10H8NO/c1-2-4-9(5-3-1)6-10-7-11-8-12-10/h1-5,7H,6H2/q-1. The van der Waals surface area contributed by atoms with Crippen molar-refractivity contribution in [1.82, 2.24) is 4.98 Å². The van der Waals surface area contributed by atoms with Crippen molar-refractivity contribution < 1.29 is 4.42 Å². The van der Waals surface area contributed by atoms with Gasteiger partial charge in [0.1, 0.15) is 6.39 Å². The van der Waals surface area contributed by atoms with Gasteiger partial charge in [-0.3, -0.25) is 0 Å². The average Bonchev–Trinajstić information content (AvgIpc) is 2.59. The Morgan fingerprint density at radius 2 is 2.08 bits per heavy atom. The quantitative estimate of drug-likeness (QED) is 0.625. The Labute approximate surface area is 70.9 Å². The summed E-state index contributed by atoms with van der Waals surface area (Å²) in [5, 5.41) is 0. The molecule has 0 spiro atoms. The average molecular weight is 158 g/mol. The zero-order valence-electron chi connectivity index (χ0n) is 6.53. The van der Waals surface area contributed by atoms with Gasteiger partial charge in [-0.05, 0) is 12.2 Å². The van der Waals surface area contributed by atoms with Gasteiger partial charge in [-0.15, -0.1) is 0 Å². The lowest BCUT2D eigenvalue weighted by molar-refractivity contribution is 0.505. The van der Waals surface area contributed by atoms with Crippen LogP contribution in [0.1, 0.15) is 11.3 Å². The summed E-state index contributed by atoms with van der Waals surface area (Å²) in [7, 11) is 0. The lowest BCUT2D eigenvalue weighted by Gasteiger charge is -2.00. The molecule has 0 amide bonds. The van der Waals surface area contributed by atoms with Crippen LogP contribution >= 0.6 is 0 Å². The second-order valence-electron chi connectivity index (χ2n) is 2.58. The molecule has 0 radical (unpaired) electrons. The molecule has 60 valence electrons. The summed E-state index contributed by atoms with van der Waals surface area (Å²) in [6.07, 6.45) is 4.90. The van der Waals surface area contributed by atoms with Crippen LogP contribution in [0.15, 0.2) is 40.9 Å². The van der Waals surface area contributed by atoms with Crippen molar-refractivity contribution in [3.05, 3.63) is 54.2 Å². The van der Waals surface area contributed by atoms with Crippen molar-refractivity contribution in [3.8, 4) is 0 Å². The summed E-state index contributed by atoms with van der Waals surface area (Å²) in [5.74, 6) is 0.848. The molecule has 0 fully saturated rings. The van der Waals surface area contributed by atoms with Crippen LogP contribution in [0.3, 0.4) is 0 Å². The van der Waals surface area contributed by atoms with E-state index in [9.17, 15) is 0 Å². The fourth-order valence-electron chi connectivity index (χ4n) is 1.09. The fourth-order valence-corrected chi connectivity index (χ4v) is 1.09. The highest BCUT2D eigenvalue weighted by Gasteiger charge is 1.89. The lowest BCUT2D eigenvalue weighted by Crippen LogP contribution is -1.83. The predicted octanol–water partition coefficient (Wildman–Crippen LogP) is 2.07. The Morgan fingerprint density at radius 3 is 2.75 bits per heavy atom. The molecule has 2 aromatic rings. The smallest absolute Gasteiger partial charge is 0.102 e. The lowest BCUT2D eigenvalue weighted by atomic mass is 10.1. The zero-order chi connectivity index (χ0) is 8.23. The summed E-state index contributed by atoms with van der Waals surface area (Å²) in [6.45, 7) is 0. The van der Waals surface area contributed by atoms with Gasteiger partial charge in [0.25, 0.3) is 0 Å². The minimum absolute atomic E-state index is 0.789. The minimum atomic E-state index is 0.789. The molecule has 2 nitrogen and oxygen atoms in total. The molecule has 0 unspecified atom stereocenters. The van der Waals surface area contributed by atoms with Gasteiger partial charge >= 0.3 is 0 Å². The van der Waals surface area contributed by atoms with Crippen molar-refractivity contribution in [3.63, 3.8) is 0 Å². The largest absolute Gasteiger partial charge is 0.578 e. The molecular weight excluding hydrogens is 150 g/mol. The van der Waals surface area contributed by atoms with Gasteiger partial charge < -0.3 is 9.40 Å². The van der Waals surface area contributed by atoms with E-state index in [1.165, 1.54) is 5.56 Å². The number of hydrogen-bond donors (Lipinski definition) is 0. The maximum atomic E-state index is 5.00. The summed E-state index contributed by atoms with van der Waals surface area (Å²) in [6, 6.07) is 10.1. The molecule has 12 heavy (non-hydrogen) atoms. The SMILES string of the molecule is [c-]1ncc(Cc2ccccc2)o1. The van der Waals surface area contributed by atoms with Gasteiger partial charge in [0.15, 0.2) is 0 Å². The number of aromatic nitrogens is 1. The van der Waals surface area contributed by atoms with Gasteiger partial charge in [-0.2, -0.15) is 0 Å². The maximum absolute atomic E-state index is 5.00. The van der Waals surface area contributed by atoms with Crippen LogP contribution in [0.5, 0.6) is 0 Å². The molecule has 0 atom stereocenters. The van der Waals surface area contributed by atoms with E-state index in [1.807, 2.05) is 18.2 Å². The second-order valence-corrected chi connectivity index (χ2v) is 2.58. The highest BCUT2D eigenvalue weighted by Crippen LogP contribution is 2.06. The number of hydrogen-bond acceptors (Lipinski definition) is 2. The van der Waals surface area contributed by atoms with Gasteiger partial charge in [-0.25, -0.2) is 0 Å². The molecule has 1 aromatic carbocycles. The number of rotatable bonds is 2. The highest BCUT2D eigenvalue weighted by molar-refractivity contribution is 5.18. The Morgan fingerprint density at radius 1 is 1.25 bits per heavy atom. The molecular formula is C10H8NO-. The zero-order valence-corrected chi connectivity index (χ0v) is 6.53. The van der Waals surface area contributed by atoms with Crippen molar-refractivity contribution in [1.29, 1.82) is 0 Å². The normalized spacial score (nSPS) is 10.0. The molecule has 1 heterocycles. The number of oxazole rings is 1. The van der Waals surface area contributed by atoms with E-state index < -0.39 is 0 Å². The Kier molecular flexibility index (Phi) is 1.90.